The number of hydrogen-bond donors (Lipinski definition) is 2. The molecular weight excluding hydrogens is 386 g/mol. The zero-order chi connectivity index (χ0) is 17.8. The summed E-state index contributed by atoms with van der Waals surface area (Å²) in [6.45, 7) is 2.09. The number of aromatic nitrogens is 3. The number of pyridine rings is 1. The third-order valence-corrected chi connectivity index (χ3v) is 4.87. The largest absolute Gasteiger partial charge is 0.486 e. The van der Waals surface area contributed by atoms with Gasteiger partial charge in [0.1, 0.15) is 12.4 Å². The maximum absolute atomic E-state index is 12.5. The SMILES string of the molecule is Cl.O=C(Nc1nnc(COc2ccncc2)s1)c1ccc2c(c1)CCNC2. The van der Waals surface area contributed by atoms with Crippen LogP contribution in [0, 0.1) is 0 Å². The summed E-state index contributed by atoms with van der Waals surface area (Å²) < 4.78 is 5.61. The molecule has 27 heavy (non-hydrogen) atoms. The number of nitrogens with one attached hydrogen (secondary N) is 2. The summed E-state index contributed by atoms with van der Waals surface area (Å²) in [5.74, 6) is 0.536. The van der Waals surface area contributed by atoms with Crippen LogP contribution in [0.1, 0.15) is 26.5 Å². The van der Waals surface area contributed by atoms with Gasteiger partial charge in [-0.05, 0) is 48.4 Å². The van der Waals surface area contributed by atoms with Crippen LogP contribution in [-0.4, -0.2) is 27.6 Å². The molecule has 0 bridgehead atoms. The van der Waals surface area contributed by atoms with Crippen molar-refractivity contribution >= 4 is 34.8 Å². The topological polar surface area (TPSA) is 89.0 Å². The first kappa shape index (κ1) is 19.2. The number of halogens is 1. The smallest absolute Gasteiger partial charge is 0.257 e. The first-order valence-corrected chi connectivity index (χ1v) is 9.09. The van der Waals surface area contributed by atoms with Crippen molar-refractivity contribution in [3.8, 4) is 5.75 Å². The second-order valence-corrected chi connectivity index (χ2v) is 6.90. The molecule has 3 aromatic rings. The van der Waals surface area contributed by atoms with E-state index in [2.05, 4.69) is 25.8 Å². The Hall–Kier alpha value is -2.55. The van der Waals surface area contributed by atoms with E-state index in [1.165, 1.54) is 22.5 Å². The summed E-state index contributed by atoms with van der Waals surface area (Å²) in [6.07, 6.45) is 4.26. The predicted octanol–water partition coefficient (Wildman–Crippen LogP) is 2.83. The van der Waals surface area contributed by atoms with Crippen molar-refractivity contribution in [2.45, 2.75) is 19.6 Å². The minimum absolute atomic E-state index is 0. The Morgan fingerprint density at radius 1 is 1.19 bits per heavy atom. The lowest BCUT2D eigenvalue weighted by molar-refractivity contribution is 0.102. The van der Waals surface area contributed by atoms with Gasteiger partial charge in [0, 0.05) is 24.5 Å². The van der Waals surface area contributed by atoms with Gasteiger partial charge in [-0.3, -0.25) is 15.1 Å². The molecule has 0 fully saturated rings. The molecule has 0 unspecified atom stereocenters. The molecule has 0 atom stereocenters. The number of ether oxygens (including phenoxy) is 1. The molecule has 0 aliphatic carbocycles. The van der Waals surface area contributed by atoms with Gasteiger partial charge in [-0.1, -0.05) is 17.4 Å². The second kappa shape index (κ2) is 8.90. The van der Waals surface area contributed by atoms with Crippen molar-refractivity contribution in [1.29, 1.82) is 0 Å². The summed E-state index contributed by atoms with van der Waals surface area (Å²) in [5.41, 5.74) is 3.11. The van der Waals surface area contributed by atoms with Crippen molar-refractivity contribution in [1.82, 2.24) is 20.5 Å². The van der Waals surface area contributed by atoms with Gasteiger partial charge in [0.15, 0.2) is 5.01 Å². The van der Waals surface area contributed by atoms with Crippen molar-refractivity contribution in [2.24, 2.45) is 0 Å². The Kier molecular flexibility index (Phi) is 6.33. The Morgan fingerprint density at radius 3 is 2.89 bits per heavy atom. The summed E-state index contributed by atoms with van der Waals surface area (Å²) in [6, 6.07) is 9.35. The summed E-state index contributed by atoms with van der Waals surface area (Å²) in [4.78, 5) is 16.4. The molecule has 0 saturated heterocycles. The molecule has 0 saturated carbocycles. The average molecular weight is 404 g/mol. The van der Waals surface area contributed by atoms with Crippen LogP contribution in [-0.2, 0) is 19.6 Å². The standard InChI is InChI=1S/C18H17N5O2S.ClH/c24-17(13-1-2-14-10-20-6-3-12(14)9-13)21-18-23-22-16(26-18)11-25-15-4-7-19-8-5-15;/h1-2,4-5,7-9,20H,3,6,10-11H2,(H,21,23,24);1H. The number of anilines is 1. The van der Waals surface area contributed by atoms with Crippen molar-refractivity contribution in [3.63, 3.8) is 0 Å². The Balaban J connectivity index is 0.00000210. The van der Waals surface area contributed by atoms with Gasteiger partial charge in [0.2, 0.25) is 5.13 Å². The minimum Gasteiger partial charge on any atom is -0.486 e. The van der Waals surface area contributed by atoms with Gasteiger partial charge >= 0.3 is 0 Å². The van der Waals surface area contributed by atoms with Crippen LogP contribution < -0.4 is 15.4 Å². The molecule has 0 spiro atoms. The van der Waals surface area contributed by atoms with E-state index in [0.29, 0.717) is 28.1 Å². The van der Waals surface area contributed by atoms with Crippen LogP contribution >= 0.6 is 23.7 Å². The number of amides is 1. The summed E-state index contributed by atoms with van der Waals surface area (Å²) in [5, 5.41) is 15.4. The minimum atomic E-state index is -0.177. The van der Waals surface area contributed by atoms with E-state index < -0.39 is 0 Å². The van der Waals surface area contributed by atoms with Crippen LogP contribution in [0.25, 0.3) is 0 Å². The number of hydrogen-bond acceptors (Lipinski definition) is 7. The highest BCUT2D eigenvalue weighted by Gasteiger charge is 2.14. The van der Waals surface area contributed by atoms with Gasteiger partial charge in [0.25, 0.3) is 5.91 Å². The quantitative estimate of drug-likeness (QED) is 0.681. The van der Waals surface area contributed by atoms with Gasteiger partial charge in [-0.15, -0.1) is 22.6 Å². The van der Waals surface area contributed by atoms with Gasteiger partial charge in [-0.25, -0.2) is 0 Å². The van der Waals surface area contributed by atoms with Gasteiger partial charge in [-0.2, -0.15) is 0 Å². The van der Waals surface area contributed by atoms with Crippen LogP contribution in [0.15, 0.2) is 42.7 Å². The maximum atomic E-state index is 12.5. The maximum Gasteiger partial charge on any atom is 0.257 e. The molecule has 9 heteroatoms. The second-order valence-electron chi connectivity index (χ2n) is 5.84. The van der Waals surface area contributed by atoms with Gasteiger partial charge in [0.05, 0.1) is 0 Å². The predicted molar refractivity (Wildman–Crippen MR) is 106 cm³/mol. The fourth-order valence-electron chi connectivity index (χ4n) is 2.73. The molecular formula is C18H18ClN5O2S. The average Bonchev–Trinajstić information content (AvgIpc) is 3.14. The molecule has 2 N–H and O–H groups in total. The Bertz CT molecular complexity index is 919. The number of rotatable bonds is 5. The molecule has 1 amide bonds. The third-order valence-electron chi connectivity index (χ3n) is 4.05. The lowest BCUT2D eigenvalue weighted by Gasteiger charge is -2.17. The van der Waals surface area contributed by atoms with Crippen molar-refractivity contribution in [2.75, 3.05) is 11.9 Å². The molecule has 3 heterocycles. The molecule has 7 nitrogen and oxygen atoms in total. The summed E-state index contributed by atoms with van der Waals surface area (Å²) in [7, 11) is 0. The number of nitrogens with zero attached hydrogens (tertiary/aromatic N) is 3. The van der Waals surface area contributed by atoms with Crippen molar-refractivity contribution < 1.29 is 9.53 Å². The van der Waals surface area contributed by atoms with Crippen LogP contribution in [0.5, 0.6) is 5.75 Å². The van der Waals surface area contributed by atoms with Gasteiger partial charge < -0.3 is 10.1 Å². The van der Waals surface area contributed by atoms with E-state index in [9.17, 15) is 4.79 Å². The number of carbonyl (C=O) groups excluding carboxylic acids is 1. The normalized spacial score (nSPS) is 12.6. The highest BCUT2D eigenvalue weighted by Crippen LogP contribution is 2.20. The van der Waals surface area contributed by atoms with E-state index in [-0.39, 0.29) is 18.3 Å². The van der Waals surface area contributed by atoms with E-state index >= 15 is 0 Å². The number of carbonyl (C=O) groups is 1. The Labute approximate surface area is 166 Å². The Morgan fingerprint density at radius 2 is 2.04 bits per heavy atom. The summed E-state index contributed by atoms with van der Waals surface area (Å²) >= 11 is 1.30. The number of fused-ring (bicyclic) bond motifs is 1. The highest BCUT2D eigenvalue weighted by atomic mass is 35.5. The van der Waals surface area contributed by atoms with Crippen LogP contribution in [0.4, 0.5) is 5.13 Å². The fraction of sp³-hybridized carbons (Fsp3) is 0.222. The first-order valence-electron chi connectivity index (χ1n) is 8.27. The molecule has 1 aliphatic rings. The molecule has 1 aliphatic heterocycles. The van der Waals surface area contributed by atoms with E-state index in [1.807, 2.05) is 18.2 Å². The molecule has 1 aromatic carbocycles. The third kappa shape index (κ3) is 4.79. The molecule has 4 rings (SSSR count). The zero-order valence-electron chi connectivity index (χ0n) is 14.3. The molecule has 140 valence electrons. The van der Waals surface area contributed by atoms with Crippen LogP contribution in [0.2, 0.25) is 0 Å². The van der Waals surface area contributed by atoms with E-state index in [1.54, 1.807) is 24.5 Å². The van der Waals surface area contributed by atoms with Crippen LogP contribution in [0.3, 0.4) is 0 Å². The highest BCUT2D eigenvalue weighted by molar-refractivity contribution is 7.15. The lowest BCUT2D eigenvalue weighted by atomic mass is 9.98. The van der Waals surface area contributed by atoms with Crippen molar-refractivity contribution in [3.05, 3.63) is 64.4 Å². The zero-order valence-corrected chi connectivity index (χ0v) is 16.0. The fourth-order valence-corrected chi connectivity index (χ4v) is 3.38. The van der Waals surface area contributed by atoms with E-state index in [4.69, 9.17) is 4.74 Å². The first-order chi connectivity index (χ1) is 12.8. The molecule has 2 aromatic heterocycles. The monoisotopic (exact) mass is 403 g/mol. The molecule has 0 radical (unpaired) electrons. The number of benzene rings is 1. The lowest BCUT2D eigenvalue weighted by Crippen LogP contribution is -2.24. The van der Waals surface area contributed by atoms with E-state index in [0.717, 1.165) is 19.5 Å².